The second kappa shape index (κ2) is 5.47. The molecule has 1 amide bonds. The Hall–Kier alpha value is -2.63. The molecule has 0 aromatic carbocycles. The number of aliphatic hydroxyl groups is 1. The zero-order valence-electron chi connectivity index (χ0n) is 12.9. The third-order valence-corrected chi connectivity index (χ3v) is 3.52. The van der Waals surface area contributed by atoms with Crippen LogP contribution in [-0.2, 0) is 11.3 Å². The zero-order valence-corrected chi connectivity index (χ0v) is 12.9. The molecule has 0 bridgehead atoms. The van der Waals surface area contributed by atoms with Crippen molar-refractivity contribution in [1.29, 1.82) is 0 Å². The summed E-state index contributed by atoms with van der Waals surface area (Å²) in [7, 11) is 0. The molecular weight excluding hydrogens is 335 g/mol. The van der Waals surface area contributed by atoms with E-state index in [1.807, 2.05) is 0 Å². The van der Waals surface area contributed by atoms with Crippen molar-refractivity contribution in [3.8, 4) is 0 Å². The third-order valence-electron chi connectivity index (χ3n) is 3.52. The van der Waals surface area contributed by atoms with E-state index in [2.05, 4.69) is 10.5 Å². The van der Waals surface area contributed by atoms with E-state index in [1.165, 1.54) is 20.8 Å². The van der Waals surface area contributed by atoms with E-state index < -0.39 is 29.3 Å². The highest BCUT2D eigenvalue weighted by Crippen LogP contribution is 2.37. The maximum atomic E-state index is 13.1. The summed E-state index contributed by atoms with van der Waals surface area (Å²) in [6.45, 7) is 3.20. The topological polar surface area (TPSA) is 114 Å². The second-order valence-corrected chi connectivity index (χ2v) is 5.33. The molecule has 2 N–H and O–H groups in total. The minimum atomic E-state index is -5.13. The lowest BCUT2D eigenvalue weighted by atomic mass is 10.2. The number of aryl methyl sites for hydroxylation is 1. The van der Waals surface area contributed by atoms with Gasteiger partial charge < -0.3 is 5.11 Å². The van der Waals surface area contributed by atoms with Crippen LogP contribution >= 0.6 is 0 Å². The summed E-state index contributed by atoms with van der Waals surface area (Å²) in [6.07, 6.45) is -4.66. The molecule has 1 aromatic rings. The molecule has 132 valence electrons. The first-order valence-corrected chi connectivity index (χ1v) is 6.65. The summed E-state index contributed by atoms with van der Waals surface area (Å²) < 4.78 is 40.2. The van der Waals surface area contributed by atoms with Gasteiger partial charge >= 0.3 is 11.9 Å². The molecule has 1 aliphatic rings. The molecule has 2 rings (SSSR count). The molecule has 9 nitrogen and oxygen atoms in total. The third kappa shape index (κ3) is 2.68. The minimum Gasteiger partial charge on any atom is -0.359 e. The maximum absolute atomic E-state index is 13.1. The summed E-state index contributed by atoms with van der Waals surface area (Å²) in [5.41, 5.74) is -1.71. The number of allylic oxidation sites excluding steroid dienone is 1. The van der Waals surface area contributed by atoms with Crippen LogP contribution in [0, 0.1) is 24.0 Å². The molecule has 0 saturated carbocycles. The second-order valence-electron chi connectivity index (χ2n) is 5.33. The van der Waals surface area contributed by atoms with Gasteiger partial charge in [0.25, 0.3) is 11.6 Å². The van der Waals surface area contributed by atoms with Crippen molar-refractivity contribution >= 4 is 11.6 Å². The Bertz CT molecular complexity index is 742. The van der Waals surface area contributed by atoms with E-state index in [0.717, 1.165) is 4.68 Å². The van der Waals surface area contributed by atoms with Crippen LogP contribution in [0.5, 0.6) is 0 Å². The summed E-state index contributed by atoms with van der Waals surface area (Å²) >= 11 is 0. The fraction of sp³-hybridized carbons (Fsp3) is 0.500. The Labute approximate surface area is 133 Å². The fourth-order valence-corrected chi connectivity index (χ4v) is 2.43. The van der Waals surface area contributed by atoms with Gasteiger partial charge in [-0.25, -0.2) is 5.01 Å². The van der Waals surface area contributed by atoms with E-state index in [9.17, 15) is 33.2 Å². The predicted octanol–water partition coefficient (Wildman–Crippen LogP) is 0.910. The molecule has 0 radical (unpaired) electrons. The summed E-state index contributed by atoms with van der Waals surface area (Å²) in [5, 5.41) is 24.6. The van der Waals surface area contributed by atoms with Gasteiger partial charge in [0, 0.05) is 5.70 Å². The molecule has 1 aromatic heterocycles. The largest absolute Gasteiger partial charge is 0.442 e. The summed E-state index contributed by atoms with van der Waals surface area (Å²) in [6, 6.07) is 0. The smallest absolute Gasteiger partial charge is 0.359 e. The Morgan fingerprint density at radius 3 is 2.50 bits per heavy atom. The van der Waals surface area contributed by atoms with Crippen LogP contribution < -0.4 is 5.43 Å². The molecule has 1 aliphatic heterocycles. The van der Waals surface area contributed by atoms with Crippen molar-refractivity contribution in [2.75, 3.05) is 0 Å². The highest BCUT2D eigenvalue weighted by Gasteiger charge is 2.61. The van der Waals surface area contributed by atoms with Crippen molar-refractivity contribution in [3.05, 3.63) is 33.3 Å². The van der Waals surface area contributed by atoms with Crippen LogP contribution in [0.25, 0.3) is 0 Å². The van der Waals surface area contributed by atoms with Crippen LogP contribution in [0.15, 0.2) is 11.8 Å². The number of carbonyl (C=O) groups excluding carboxylic acids is 1. The number of hydrazine groups is 1. The predicted molar refractivity (Wildman–Crippen MR) is 73.1 cm³/mol. The number of nitrogens with one attached hydrogen (secondary N) is 1. The number of nitro groups is 1. The molecular formula is C12H14F3N5O4. The molecule has 12 heteroatoms. The number of aromatic nitrogens is 2. The molecule has 0 fully saturated rings. The minimum absolute atomic E-state index is 0.0188. The first-order chi connectivity index (χ1) is 10.9. The van der Waals surface area contributed by atoms with Gasteiger partial charge in [0.2, 0.25) is 0 Å². The summed E-state index contributed by atoms with van der Waals surface area (Å²) in [5.74, 6) is -1.16. The normalized spacial score (nSPS) is 20.8. The number of halogens is 3. The van der Waals surface area contributed by atoms with Crippen molar-refractivity contribution in [2.45, 2.75) is 39.2 Å². The number of rotatable bonds is 3. The van der Waals surface area contributed by atoms with Crippen molar-refractivity contribution < 1.29 is 28.0 Å². The molecule has 1 unspecified atom stereocenters. The van der Waals surface area contributed by atoms with Crippen molar-refractivity contribution in [1.82, 2.24) is 20.2 Å². The monoisotopic (exact) mass is 349 g/mol. The van der Waals surface area contributed by atoms with Gasteiger partial charge in [0.1, 0.15) is 17.9 Å². The Kier molecular flexibility index (Phi) is 4.04. The van der Waals surface area contributed by atoms with Gasteiger partial charge in [-0.3, -0.25) is 25.0 Å². The van der Waals surface area contributed by atoms with E-state index in [4.69, 9.17) is 0 Å². The first-order valence-electron chi connectivity index (χ1n) is 6.65. The van der Waals surface area contributed by atoms with Gasteiger partial charge in [0.05, 0.1) is 4.92 Å². The van der Waals surface area contributed by atoms with Crippen LogP contribution in [0.2, 0.25) is 0 Å². The number of hydrogen-bond acceptors (Lipinski definition) is 6. The van der Waals surface area contributed by atoms with Crippen LogP contribution in [0.1, 0.15) is 18.3 Å². The highest BCUT2D eigenvalue weighted by atomic mass is 19.4. The lowest BCUT2D eigenvalue weighted by Crippen LogP contribution is -2.61. The van der Waals surface area contributed by atoms with Gasteiger partial charge in [-0.05, 0) is 26.8 Å². The Morgan fingerprint density at radius 1 is 1.46 bits per heavy atom. The Morgan fingerprint density at radius 2 is 2.04 bits per heavy atom. The van der Waals surface area contributed by atoms with Gasteiger partial charge in [-0.1, -0.05) is 0 Å². The van der Waals surface area contributed by atoms with E-state index >= 15 is 0 Å². The van der Waals surface area contributed by atoms with Crippen molar-refractivity contribution in [3.63, 3.8) is 0 Å². The van der Waals surface area contributed by atoms with Crippen LogP contribution in [0.4, 0.5) is 18.9 Å². The number of carbonyl (C=O) groups is 1. The maximum Gasteiger partial charge on any atom is 0.442 e. The van der Waals surface area contributed by atoms with Crippen LogP contribution in [0.3, 0.4) is 0 Å². The molecule has 0 saturated heterocycles. The molecule has 24 heavy (non-hydrogen) atoms. The number of amides is 1. The lowest BCUT2D eigenvalue weighted by molar-refractivity contribution is -0.386. The van der Waals surface area contributed by atoms with Gasteiger partial charge in [-0.2, -0.15) is 18.3 Å². The molecule has 0 aliphatic carbocycles. The van der Waals surface area contributed by atoms with Gasteiger partial charge in [-0.15, -0.1) is 0 Å². The zero-order chi connectivity index (χ0) is 18.4. The number of hydrogen-bond donors (Lipinski definition) is 2. The molecule has 1 atom stereocenters. The van der Waals surface area contributed by atoms with E-state index in [0.29, 0.717) is 6.08 Å². The quantitative estimate of drug-likeness (QED) is 0.619. The lowest BCUT2D eigenvalue weighted by Gasteiger charge is -2.33. The van der Waals surface area contributed by atoms with E-state index in [1.54, 1.807) is 0 Å². The number of nitrogens with zero attached hydrogens (tertiary/aromatic N) is 4. The number of alkyl halides is 3. The molecule has 0 spiro atoms. The highest BCUT2D eigenvalue weighted by molar-refractivity contribution is 5.77. The van der Waals surface area contributed by atoms with Gasteiger partial charge in [0.15, 0.2) is 0 Å². The average Bonchev–Trinajstić information content (AvgIpc) is 2.87. The van der Waals surface area contributed by atoms with Crippen molar-refractivity contribution in [2.24, 2.45) is 0 Å². The molecule has 2 heterocycles. The average molecular weight is 349 g/mol. The van der Waals surface area contributed by atoms with E-state index in [-0.39, 0.29) is 27.8 Å². The SMILES string of the molecule is CC1=CC(O)(C(F)(F)F)N(C(=O)Cn2nc(C)c([N+](=O)[O-])c2C)N1. The summed E-state index contributed by atoms with van der Waals surface area (Å²) in [4.78, 5) is 22.4. The first kappa shape index (κ1) is 17.7. The Balaban J connectivity index is 2.31. The van der Waals surface area contributed by atoms with Crippen LogP contribution in [-0.4, -0.2) is 42.6 Å². The fourth-order valence-electron chi connectivity index (χ4n) is 2.43. The standard InChI is InChI=1S/C12H14F3N5O4/c1-6-4-11(22,12(13,14)15)19(16-6)9(21)5-18-8(3)10(20(23)24)7(2)17-18/h4,16,22H,5H2,1-3H3.